The first kappa shape index (κ1) is 52.3. The van der Waals surface area contributed by atoms with Crippen molar-refractivity contribution in [3.05, 3.63) is 142 Å². The maximum absolute atomic E-state index is 14.3. The van der Waals surface area contributed by atoms with Crippen LogP contribution in [0.1, 0.15) is 108 Å². The molecule has 388 valence electrons. The van der Waals surface area contributed by atoms with Crippen molar-refractivity contribution in [1.29, 1.82) is 5.26 Å². The van der Waals surface area contributed by atoms with Crippen LogP contribution in [-0.4, -0.2) is 110 Å². The smallest absolute Gasteiger partial charge is 0.266 e. The SMILES string of the molecule is Cc1ncsc1-c1ccc([C@H](C)NC(=O)[C@@H]2C[C@@H](O)CN2C(=O)[C@@H](NC(=O)c2ccc(-c3ccc(C(=O)N4CCC(c5cc(Nc6cc(C#N)ccn6)nc(N6CCC(F)(F)C6)c5)CC4)cc3)cc2)C(C)(C)C)cc1. The molecule has 0 bridgehead atoms. The number of hydrogen-bond donors (Lipinski definition) is 4. The molecule has 6 heterocycles. The number of halogens is 2. The molecule has 0 radical (unpaired) electrons. The quantitative estimate of drug-likeness (QED) is 0.0862. The van der Waals surface area contributed by atoms with E-state index in [2.05, 4.69) is 37.0 Å². The maximum Gasteiger partial charge on any atom is 0.266 e. The van der Waals surface area contributed by atoms with Crippen LogP contribution in [0.3, 0.4) is 0 Å². The number of nitrogens with one attached hydrogen (secondary N) is 3. The van der Waals surface area contributed by atoms with E-state index in [1.807, 2.05) is 93.6 Å². The summed E-state index contributed by atoms with van der Waals surface area (Å²) < 4.78 is 28.6. The highest BCUT2D eigenvalue weighted by Crippen LogP contribution is 2.37. The van der Waals surface area contributed by atoms with Crippen molar-refractivity contribution in [2.24, 2.45) is 5.41 Å². The van der Waals surface area contributed by atoms with E-state index in [4.69, 9.17) is 0 Å². The number of thiazole rings is 1. The third kappa shape index (κ3) is 12.0. The zero-order chi connectivity index (χ0) is 53.2. The predicted octanol–water partition coefficient (Wildman–Crippen LogP) is 9.04. The minimum atomic E-state index is -2.81. The van der Waals surface area contributed by atoms with Gasteiger partial charge in [0.05, 0.1) is 46.4 Å². The largest absolute Gasteiger partial charge is 0.391 e. The molecule has 3 fully saturated rings. The average molecular weight is 1040 g/mol. The van der Waals surface area contributed by atoms with Crippen LogP contribution in [0, 0.1) is 23.7 Å². The molecule has 3 aromatic carbocycles. The first-order valence-electron chi connectivity index (χ1n) is 25.2. The first-order chi connectivity index (χ1) is 35.8. The fraction of sp³-hybridized carbons (Fsp3) is 0.368. The van der Waals surface area contributed by atoms with Gasteiger partial charge < -0.3 is 35.8 Å². The molecule has 0 saturated carbocycles. The number of β-amino-alcohol motifs (C(OH)–C–C–N with tert-alkyl or cyclic N) is 1. The second-order valence-electron chi connectivity index (χ2n) is 20.8. The van der Waals surface area contributed by atoms with Gasteiger partial charge in [-0.05, 0) is 114 Å². The second-order valence-corrected chi connectivity index (χ2v) is 21.7. The van der Waals surface area contributed by atoms with Crippen LogP contribution >= 0.6 is 11.3 Å². The zero-order valence-corrected chi connectivity index (χ0v) is 43.3. The summed E-state index contributed by atoms with van der Waals surface area (Å²) >= 11 is 1.56. The molecule has 3 aromatic heterocycles. The Morgan fingerprint density at radius 2 is 1.52 bits per heavy atom. The van der Waals surface area contributed by atoms with E-state index in [0.717, 1.165) is 38.4 Å². The van der Waals surface area contributed by atoms with Gasteiger partial charge >= 0.3 is 0 Å². The van der Waals surface area contributed by atoms with Crippen LogP contribution in [0.5, 0.6) is 0 Å². The van der Waals surface area contributed by atoms with Gasteiger partial charge in [-0.2, -0.15) is 5.26 Å². The van der Waals surface area contributed by atoms with Crippen LogP contribution in [0.15, 0.2) is 109 Å². The van der Waals surface area contributed by atoms with Crippen molar-refractivity contribution in [3.63, 3.8) is 0 Å². The summed E-state index contributed by atoms with van der Waals surface area (Å²) in [4.78, 5) is 74.9. The number of aromatic nitrogens is 3. The van der Waals surface area contributed by atoms with Gasteiger partial charge in [-0.15, -0.1) is 11.3 Å². The number of nitriles is 1. The van der Waals surface area contributed by atoms with Gasteiger partial charge in [0.25, 0.3) is 17.7 Å². The molecule has 0 spiro atoms. The summed E-state index contributed by atoms with van der Waals surface area (Å²) in [6.45, 7) is 10.0. The number of amides is 4. The normalized spacial score (nSPS) is 18.5. The Bertz CT molecular complexity index is 3110. The number of aliphatic hydroxyl groups is 1. The summed E-state index contributed by atoms with van der Waals surface area (Å²) in [5.74, 6) is -2.91. The first-order valence-corrected chi connectivity index (χ1v) is 26.1. The Kier molecular flexibility index (Phi) is 15.1. The Morgan fingerprint density at radius 1 is 0.853 bits per heavy atom. The summed E-state index contributed by atoms with van der Waals surface area (Å²) in [5.41, 5.74) is 7.76. The number of hydrogen-bond acceptors (Lipinski definition) is 12. The molecule has 4 N–H and O–H groups in total. The molecule has 3 aliphatic heterocycles. The van der Waals surface area contributed by atoms with E-state index in [-0.39, 0.29) is 49.7 Å². The number of rotatable bonds is 13. The summed E-state index contributed by atoms with van der Waals surface area (Å²) in [6, 6.07) is 28.8. The summed E-state index contributed by atoms with van der Waals surface area (Å²) in [7, 11) is 0. The van der Waals surface area contributed by atoms with Crippen LogP contribution in [0.25, 0.3) is 21.6 Å². The number of carbonyl (C=O) groups excluding carboxylic acids is 4. The van der Waals surface area contributed by atoms with E-state index < -0.39 is 47.9 Å². The van der Waals surface area contributed by atoms with Crippen LogP contribution in [0.2, 0.25) is 0 Å². The van der Waals surface area contributed by atoms with E-state index >= 15 is 0 Å². The van der Waals surface area contributed by atoms with Crippen molar-refractivity contribution in [1.82, 2.24) is 35.4 Å². The van der Waals surface area contributed by atoms with Gasteiger partial charge in [0.15, 0.2) is 0 Å². The fourth-order valence-corrected chi connectivity index (χ4v) is 10.9. The second kappa shape index (κ2) is 21.7. The maximum atomic E-state index is 14.3. The Morgan fingerprint density at radius 3 is 2.13 bits per heavy atom. The number of aryl methyl sites for hydroxylation is 1. The lowest BCUT2D eigenvalue weighted by molar-refractivity contribution is -0.142. The van der Waals surface area contributed by atoms with Gasteiger partial charge in [-0.3, -0.25) is 19.2 Å². The van der Waals surface area contributed by atoms with Crippen LogP contribution in [-0.2, 0) is 9.59 Å². The lowest BCUT2D eigenvalue weighted by atomic mass is 9.85. The molecular formula is C57H60F2N10O5S. The average Bonchev–Trinajstić information content (AvgIpc) is 4.14. The molecule has 9 rings (SSSR count). The van der Waals surface area contributed by atoms with Gasteiger partial charge in [-0.25, -0.2) is 23.7 Å². The topological polar surface area (TPSA) is 197 Å². The van der Waals surface area contributed by atoms with Crippen LogP contribution in [0.4, 0.5) is 26.2 Å². The minimum absolute atomic E-state index is 0.0409. The number of alkyl halides is 2. The van der Waals surface area contributed by atoms with Gasteiger partial charge in [0.2, 0.25) is 11.8 Å². The zero-order valence-electron chi connectivity index (χ0n) is 42.5. The van der Waals surface area contributed by atoms with Crippen molar-refractivity contribution >= 4 is 52.4 Å². The number of likely N-dealkylation sites (tertiary alicyclic amines) is 2. The Balaban J connectivity index is 0.804. The molecule has 18 heteroatoms. The molecule has 15 nitrogen and oxygen atoms in total. The lowest BCUT2D eigenvalue weighted by Crippen LogP contribution is -2.57. The molecule has 3 saturated heterocycles. The van der Waals surface area contributed by atoms with Crippen LogP contribution < -0.4 is 20.9 Å². The van der Waals surface area contributed by atoms with E-state index in [0.29, 0.717) is 60.1 Å². The summed E-state index contributed by atoms with van der Waals surface area (Å²) in [5, 5.41) is 29.3. The van der Waals surface area contributed by atoms with E-state index in [1.165, 1.54) is 11.1 Å². The van der Waals surface area contributed by atoms with Gasteiger partial charge in [-0.1, -0.05) is 69.3 Å². The third-order valence-electron chi connectivity index (χ3n) is 14.4. The molecular weight excluding hydrogens is 975 g/mol. The lowest BCUT2D eigenvalue weighted by Gasteiger charge is -2.35. The standard InChI is InChI=1S/C57H60F2N10O5S/c1-34(37-6-12-41(13-7-37)50-35(2)62-33-75-50)63-53(72)46-29-45(70)31-69(46)55(74)51(56(3,4)5)66-52(71)42-14-8-38(9-15-42)39-10-16-43(17-11-39)54(73)67-23-19-40(20-24-67)44-27-48(64-47-26-36(30-60)18-22-61-47)65-49(28-44)68-25-21-57(58,59)32-68/h6-18,22,26-28,33-34,40,45-46,51,70H,19-21,23-25,29,31-32H2,1-5H3,(H,63,72)(H,66,71)(H,61,64,65)/t34-,45+,46-,51+/m0/s1. The number of benzene rings is 3. The number of nitrogens with zero attached hydrogens (tertiary/aromatic N) is 7. The molecule has 3 aliphatic rings. The van der Waals surface area contributed by atoms with Crippen molar-refractivity contribution in [2.45, 2.75) is 96.4 Å². The van der Waals surface area contributed by atoms with Crippen molar-refractivity contribution in [3.8, 4) is 27.6 Å². The number of carbonyl (C=O) groups is 4. The Hall–Kier alpha value is -7.62. The predicted molar refractivity (Wildman–Crippen MR) is 284 cm³/mol. The Labute approximate surface area is 439 Å². The highest BCUT2D eigenvalue weighted by molar-refractivity contribution is 7.13. The molecule has 75 heavy (non-hydrogen) atoms. The number of pyridine rings is 2. The van der Waals surface area contributed by atoms with Crippen molar-refractivity contribution in [2.75, 3.05) is 42.9 Å². The number of piperidine rings is 1. The third-order valence-corrected chi connectivity index (χ3v) is 15.3. The number of anilines is 3. The summed E-state index contributed by atoms with van der Waals surface area (Å²) in [6.07, 6.45) is 1.72. The fourth-order valence-electron chi connectivity index (χ4n) is 10.1. The van der Waals surface area contributed by atoms with Crippen molar-refractivity contribution < 1.29 is 33.1 Å². The highest BCUT2D eigenvalue weighted by Gasteiger charge is 2.45. The van der Waals surface area contributed by atoms with Gasteiger partial charge in [0.1, 0.15) is 29.5 Å². The monoisotopic (exact) mass is 1030 g/mol. The molecule has 4 atom stereocenters. The molecule has 0 unspecified atom stereocenters. The minimum Gasteiger partial charge on any atom is -0.391 e. The molecule has 4 amide bonds. The van der Waals surface area contributed by atoms with E-state index in [9.17, 15) is 38.3 Å². The van der Waals surface area contributed by atoms with E-state index in [1.54, 1.807) is 64.8 Å². The molecule has 6 aromatic rings. The number of aliphatic hydroxyl groups excluding tert-OH is 1. The van der Waals surface area contributed by atoms with Gasteiger partial charge in [0, 0.05) is 56.3 Å². The molecule has 0 aliphatic carbocycles. The highest BCUT2D eigenvalue weighted by atomic mass is 32.1.